The fourth-order valence-electron chi connectivity index (χ4n) is 5.54. The van der Waals surface area contributed by atoms with E-state index in [0.29, 0.717) is 24.9 Å². The average Bonchev–Trinajstić information content (AvgIpc) is 2.98. The van der Waals surface area contributed by atoms with Gasteiger partial charge in [-0.1, -0.05) is 0 Å². The number of urea groups is 1. The molecule has 2 unspecified atom stereocenters. The third kappa shape index (κ3) is 3.20. The predicted octanol–water partition coefficient (Wildman–Crippen LogP) is 2.22. The number of likely N-dealkylation sites (tertiary alicyclic amines) is 1. The summed E-state index contributed by atoms with van der Waals surface area (Å²) < 4.78 is 0. The van der Waals surface area contributed by atoms with Crippen LogP contribution in [-0.4, -0.2) is 54.0 Å². The van der Waals surface area contributed by atoms with E-state index >= 15 is 0 Å². The summed E-state index contributed by atoms with van der Waals surface area (Å²) in [6, 6.07) is 0.512. The standard InChI is InChI=1S/C18H29N3O2/c22-17(20-5-1-2-6-20)3-4-19-18(23)21-12-15-8-13-7-14(9-15)11-16(21)10-13/h13-16H,1-12H2,(H,19,23)/t13-,14+,15?,16?. The lowest BCUT2D eigenvalue weighted by molar-refractivity contribution is -0.129. The van der Waals surface area contributed by atoms with Crippen LogP contribution in [0.15, 0.2) is 0 Å². The molecule has 23 heavy (non-hydrogen) atoms. The van der Waals surface area contributed by atoms with Crippen molar-refractivity contribution in [3.63, 3.8) is 0 Å². The highest BCUT2D eigenvalue weighted by molar-refractivity contribution is 5.78. The van der Waals surface area contributed by atoms with Gasteiger partial charge in [-0.3, -0.25) is 4.79 Å². The summed E-state index contributed by atoms with van der Waals surface area (Å²) >= 11 is 0. The molecule has 5 rings (SSSR count). The van der Waals surface area contributed by atoms with Crippen LogP contribution in [0.5, 0.6) is 0 Å². The molecular weight excluding hydrogens is 290 g/mol. The van der Waals surface area contributed by atoms with Crippen LogP contribution in [0.2, 0.25) is 0 Å². The maximum absolute atomic E-state index is 12.6. The number of nitrogens with zero attached hydrogens (tertiary/aromatic N) is 2. The smallest absolute Gasteiger partial charge is 0.317 e. The molecule has 1 N–H and O–H groups in total. The van der Waals surface area contributed by atoms with Gasteiger partial charge in [0.1, 0.15) is 0 Å². The molecule has 5 fully saturated rings. The van der Waals surface area contributed by atoms with Crippen molar-refractivity contribution in [3.05, 3.63) is 0 Å². The van der Waals surface area contributed by atoms with Crippen molar-refractivity contribution in [3.8, 4) is 0 Å². The third-order valence-electron chi connectivity index (χ3n) is 6.44. The second kappa shape index (κ2) is 6.33. The first-order valence-electron chi connectivity index (χ1n) is 9.51. The molecule has 0 spiro atoms. The highest BCUT2D eigenvalue weighted by atomic mass is 16.2. The lowest BCUT2D eigenvalue weighted by Crippen LogP contribution is -2.48. The monoisotopic (exact) mass is 319 g/mol. The summed E-state index contributed by atoms with van der Waals surface area (Å²) in [5, 5.41) is 3.02. The van der Waals surface area contributed by atoms with E-state index in [9.17, 15) is 9.59 Å². The van der Waals surface area contributed by atoms with Crippen LogP contribution in [0, 0.1) is 17.8 Å². The van der Waals surface area contributed by atoms with E-state index in [1.165, 1.54) is 32.1 Å². The largest absolute Gasteiger partial charge is 0.343 e. The van der Waals surface area contributed by atoms with Gasteiger partial charge in [-0.15, -0.1) is 0 Å². The molecule has 5 nitrogen and oxygen atoms in total. The van der Waals surface area contributed by atoms with Gasteiger partial charge in [-0.05, 0) is 62.7 Å². The number of amides is 3. The summed E-state index contributed by atoms with van der Waals surface area (Å²) in [7, 11) is 0. The first-order chi connectivity index (χ1) is 11.2. The summed E-state index contributed by atoms with van der Waals surface area (Å²) in [5.41, 5.74) is 0. The number of hydrogen-bond acceptors (Lipinski definition) is 2. The lowest BCUT2D eigenvalue weighted by atomic mass is 9.68. The molecule has 2 saturated carbocycles. The first kappa shape index (κ1) is 15.3. The van der Waals surface area contributed by atoms with Crippen LogP contribution < -0.4 is 5.32 Å². The van der Waals surface area contributed by atoms with Gasteiger partial charge in [0.05, 0.1) is 0 Å². The van der Waals surface area contributed by atoms with E-state index in [1.807, 2.05) is 4.90 Å². The van der Waals surface area contributed by atoms with Crippen molar-refractivity contribution in [2.75, 3.05) is 26.2 Å². The molecule has 128 valence electrons. The Morgan fingerprint density at radius 3 is 2.26 bits per heavy atom. The van der Waals surface area contributed by atoms with Crippen molar-refractivity contribution >= 4 is 11.9 Å². The minimum absolute atomic E-state index is 0.0671. The molecule has 3 heterocycles. The Hall–Kier alpha value is -1.26. The molecule has 0 aromatic carbocycles. The number of nitrogens with one attached hydrogen (secondary N) is 1. The quantitative estimate of drug-likeness (QED) is 0.867. The van der Waals surface area contributed by atoms with Gasteiger partial charge < -0.3 is 15.1 Å². The van der Waals surface area contributed by atoms with Crippen molar-refractivity contribution < 1.29 is 9.59 Å². The number of carbonyl (C=O) groups is 2. The van der Waals surface area contributed by atoms with Gasteiger partial charge in [-0.25, -0.2) is 4.79 Å². The van der Waals surface area contributed by atoms with Gasteiger partial charge >= 0.3 is 6.03 Å². The second-order valence-electron chi connectivity index (χ2n) is 8.15. The van der Waals surface area contributed by atoms with Gasteiger partial charge in [0, 0.05) is 38.6 Å². The molecular formula is C18H29N3O2. The minimum atomic E-state index is 0.0671. The Kier molecular flexibility index (Phi) is 4.20. The Bertz CT molecular complexity index is 461. The lowest BCUT2D eigenvalue weighted by Gasteiger charge is -2.38. The maximum Gasteiger partial charge on any atom is 0.317 e. The molecule has 3 aliphatic heterocycles. The average molecular weight is 319 g/mol. The minimum Gasteiger partial charge on any atom is -0.343 e. The van der Waals surface area contributed by atoms with E-state index < -0.39 is 0 Å². The molecule has 3 amide bonds. The van der Waals surface area contributed by atoms with Crippen LogP contribution in [-0.2, 0) is 4.79 Å². The van der Waals surface area contributed by atoms with E-state index in [2.05, 4.69) is 10.2 Å². The van der Waals surface area contributed by atoms with Gasteiger partial charge in [0.2, 0.25) is 5.91 Å². The summed E-state index contributed by atoms with van der Waals surface area (Å²) in [5.74, 6) is 2.61. The van der Waals surface area contributed by atoms with E-state index in [-0.39, 0.29) is 11.9 Å². The van der Waals surface area contributed by atoms with Crippen LogP contribution >= 0.6 is 0 Å². The van der Waals surface area contributed by atoms with Crippen molar-refractivity contribution in [1.29, 1.82) is 0 Å². The van der Waals surface area contributed by atoms with Crippen LogP contribution in [0.25, 0.3) is 0 Å². The molecule has 2 aliphatic carbocycles. The van der Waals surface area contributed by atoms with Crippen molar-refractivity contribution in [1.82, 2.24) is 15.1 Å². The molecule has 0 aromatic heterocycles. The SMILES string of the molecule is O=C(CCNC(=O)N1CC2C[C@@H]3CC1C[C@H](C2)C3)N1CCCC1. The van der Waals surface area contributed by atoms with Gasteiger partial charge in [-0.2, -0.15) is 0 Å². The van der Waals surface area contributed by atoms with Crippen molar-refractivity contribution in [2.45, 2.75) is 57.4 Å². The van der Waals surface area contributed by atoms with Crippen LogP contribution in [0.4, 0.5) is 4.79 Å². The van der Waals surface area contributed by atoms with Crippen LogP contribution in [0.3, 0.4) is 0 Å². The summed E-state index contributed by atoms with van der Waals surface area (Å²) in [6.07, 6.45) is 9.13. The Labute approximate surface area is 138 Å². The molecule has 4 atom stereocenters. The Morgan fingerprint density at radius 2 is 1.57 bits per heavy atom. The number of hydrogen-bond donors (Lipinski definition) is 1. The molecule has 0 radical (unpaired) electrons. The summed E-state index contributed by atoms with van der Waals surface area (Å²) in [6.45, 7) is 3.20. The zero-order valence-corrected chi connectivity index (χ0v) is 14.0. The van der Waals surface area contributed by atoms with Crippen LogP contribution in [0.1, 0.15) is 51.4 Å². The fraction of sp³-hybridized carbons (Fsp3) is 0.889. The van der Waals surface area contributed by atoms with Crippen molar-refractivity contribution in [2.24, 2.45) is 17.8 Å². The molecule has 5 heteroatoms. The normalized spacial score (nSPS) is 35.5. The third-order valence-corrected chi connectivity index (χ3v) is 6.44. The number of carbonyl (C=O) groups excluding carboxylic acids is 2. The Balaban J connectivity index is 1.28. The predicted molar refractivity (Wildman–Crippen MR) is 87.9 cm³/mol. The van der Waals surface area contributed by atoms with E-state index in [4.69, 9.17) is 0 Å². The zero-order chi connectivity index (χ0) is 15.8. The number of rotatable bonds is 3. The molecule has 3 saturated heterocycles. The maximum atomic E-state index is 12.6. The first-order valence-corrected chi connectivity index (χ1v) is 9.51. The number of fused-ring (bicyclic) bond motifs is 1. The highest BCUT2D eigenvalue weighted by Crippen LogP contribution is 2.47. The second-order valence-corrected chi connectivity index (χ2v) is 8.15. The highest BCUT2D eigenvalue weighted by Gasteiger charge is 2.43. The molecule has 4 bridgehead atoms. The zero-order valence-electron chi connectivity index (χ0n) is 14.0. The van der Waals surface area contributed by atoms with Gasteiger partial charge in [0.15, 0.2) is 0 Å². The van der Waals surface area contributed by atoms with E-state index in [0.717, 1.165) is 44.3 Å². The van der Waals surface area contributed by atoms with Gasteiger partial charge in [0.25, 0.3) is 0 Å². The topological polar surface area (TPSA) is 52.7 Å². The Morgan fingerprint density at radius 1 is 0.913 bits per heavy atom. The molecule has 5 aliphatic rings. The summed E-state index contributed by atoms with van der Waals surface area (Å²) in [4.78, 5) is 28.7. The molecule has 0 aromatic rings. The fourth-order valence-corrected chi connectivity index (χ4v) is 5.54. The van der Waals surface area contributed by atoms with E-state index in [1.54, 1.807) is 0 Å².